The average Bonchev–Trinajstić information content (AvgIpc) is 3.33. The number of benzene rings is 1. The molecular formula is C22H32IN5O2S. The van der Waals surface area contributed by atoms with Crippen molar-refractivity contribution < 1.29 is 9.53 Å². The maximum atomic E-state index is 12.0. The number of carbonyl (C=O) groups is 1. The van der Waals surface area contributed by atoms with E-state index < -0.39 is 0 Å². The number of anilines is 1. The maximum Gasteiger partial charge on any atom is 0.261 e. The number of piperazine rings is 1. The second-order valence-corrected chi connectivity index (χ2v) is 7.92. The molecule has 1 saturated heterocycles. The fraction of sp³-hybridized carbons (Fsp3) is 0.455. The molecule has 0 saturated carbocycles. The van der Waals surface area contributed by atoms with Gasteiger partial charge in [0.05, 0.1) is 17.7 Å². The van der Waals surface area contributed by atoms with Crippen LogP contribution in [0.1, 0.15) is 23.0 Å². The third-order valence-electron chi connectivity index (χ3n) is 4.97. The summed E-state index contributed by atoms with van der Waals surface area (Å²) >= 11 is 1.46. The zero-order chi connectivity index (χ0) is 21.2. The Kier molecular flexibility index (Phi) is 10.9. The van der Waals surface area contributed by atoms with Crippen LogP contribution in [0.3, 0.4) is 0 Å². The Morgan fingerprint density at radius 1 is 1.13 bits per heavy atom. The van der Waals surface area contributed by atoms with Crippen molar-refractivity contribution in [2.45, 2.75) is 13.3 Å². The number of guanidine groups is 1. The number of nitrogens with one attached hydrogen (secondary N) is 2. The number of aliphatic imine (C=N–C) groups is 1. The van der Waals surface area contributed by atoms with Gasteiger partial charge in [-0.25, -0.2) is 0 Å². The van der Waals surface area contributed by atoms with E-state index in [4.69, 9.17) is 9.73 Å². The average molecular weight is 558 g/mol. The number of carbonyl (C=O) groups excluding carboxylic acids is 1. The van der Waals surface area contributed by atoms with Gasteiger partial charge in [0.1, 0.15) is 5.75 Å². The van der Waals surface area contributed by atoms with Gasteiger partial charge in [0.25, 0.3) is 5.91 Å². The molecule has 0 unspecified atom stereocenters. The zero-order valence-corrected chi connectivity index (χ0v) is 21.3. The van der Waals surface area contributed by atoms with Crippen LogP contribution in [-0.2, 0) is 0 Å². The second kappa shape index (κ2) is 13.4. The molecule has 31 heavy (non-hydrogen) atoms. The van der Waals surface area contributed by atoms with E-state index in [0.717, 1.165) is 61.4 Å². The molecule has 2 N–H and O–H groups in total. The van der Waals surface area contributed by atoms with Crippen LogP contribution in [0, 0.1) is 0 Å². The standard InChI is InChI=1S/C22H31N5O2S.HI/c1-3-23-22(25-12-7-11-24-21(28)20-10-6-17-30-20)27-15-13-26(14-16-27)18-8-4-5-9-19(18)29-2;/h4-6,8-10,17H,3,7,11-16H2,1-2H3,(H,23,25)(H,24,28);1H. The van der Waals surface area contributed by atoms with Crippen LogP contribution in [-0.4, -0.2) is 69.7 Å². The Labute approximate surface area is 205 Å². The molecule has 0 aliphatic carbocycles. The first-order valence-electron chi connectivity index (χ1n) is 10.5. The van der Waals surface area contributed by atoms with Crippen LogP contribution in [0.5, 0.6) is 5.75 Å². The number of hydrogen-bond donors (Lipinski definition) is 2. The lowest BCUT2D eigenvalue weighted by atomic mass is 10.2. The first-order valence-corrected chi connectivity index (χ1v) is 11.3. The van der Waals surface area contributed by atoms with Crippen molar-refractivity contribution in [3.8, 4) is 5.75 Å². The Bertz CT molecular complexity index is 823. The summed E-state index contributed by atoms with van der Waals surface area (Å²) < 4.78 is 5.51. The van der Waals surface area contributed by atoms with E-state index in [1.54, 1.807) is 7.11 Å². The molecule has 1 amide bonds. The smallest absolute Gasteiger partial charge is 0.261 e. The lowest BCUT2D eigenvalue weighted by molar-refractivity contribution is 0.0957. The lowest BCUT2D eigenvalue weighted by Crippen LogP contribution is -2.52. The maximum absolute atomic E-state index is 12.0. The highest BCUT2D eigenvalue weighted by Crippen LogP contribution is 2.28. The minimum absolute atomic E-state index is 0. The summed E-state index contributed by atoms with van der Waals surface area (Å²) in [6.07, 6.45) is 0.813. The van der Waals surface area contributed by atoms with Gasteiger partial charge >= 0.3 is 0 Å². The summed E-state index contributed by atoms with van der Waals surface area (Å²) in [5.41, 5.74) is 1.14. The number of amides is 1. The van der Waals surface area contributed by atoms with Crippen molar-refractivity contribution in [2.24, 2.45) is 4.99 Å². The topological polar surface area (TPSA) is 69.2 Å². The van der Waals surface area contributed by atoms with Crippen molar-refractivity contribution in [3.05, 3.63) is 46.7 Å². The van der Waals surface area contributed by atoms with Crippen LogP contribution in [0.2, 0.25) is 0 Å². The molecule has 1 aromatic carbocycles. The van der Waals surface area contributed by atoms with Crippen LogP contribution in [0.4, 0.5) is 5.69 Å². The van der Waals surface area contributed by atoms with Crippen molar-refractivity contribution in [3.63, 3.8) is 0 Å². The number of hydrogen-bond acceptors (Lipinski definition) is 5. The minimum Gasteiger partial charge on any atom is -0.495 e. The van der Waals surface area contributed by atoms with Crippen molar-refractivity contribution >= 4 is 52.9 Å². The second-order valence-electron chi connectivity index (χ2n) is 6.97. The highest BCUT2D eigenvalue weighted by molar-refractivity contribution is 14.0. The quantitative estimate of drug-likeness (QED) is 0.226. The van der Waals surface area contributed by atoms with E-state index in [1.807, 2.05) is 35.7 Å². The van der Waals surface area contributed by atoms with Gasteiger partial charge in [0.15, 0.2) is 5.96 Å². The molecule has 1 aromatic heterocycles. The highest BCUT2D eigenvalue weighted by Gasteiger charge is 2.21. The number of methoxy groups -OCH3 is 1. The number of thiophene rings is 1. The lowest BCUT2D eigenvalue weighted by Gasteiger charge is -2.38. The molecule has 0 radical (unpaired) electrons. The van der Waals surface area contributed by atoms with Gasteiger partial charge in [0.2, 0.25) is 0 Å². The number of rotatable bonds is 8. The minimum atomic E-state index is -0.00616. The molecular weight excluding hydrogens is 525 g/mol. The van der Waals surface area contributed by atoms with Gasteiger partial charge < -0.3 is 25.2 Å². The predicted octanol–water partition coefficient (Wildman–Crippen LogP) is 3.28. The third-order valence-corrected chi connectivity index (χ3v) is 5.84. The van der Waals surface area contributed by atoms with Gasteiger partial charge in [-0.15, -0.1) is 35.3 Å². The highest BCUT2D eigenvalue weighted by atomic mass is 127. The molecule has 0 atom stereocenters. The van der Waals surface area contributed by atoms with E-state index in [-0.39, 0.29) is 29.9 Å². The van der Waals surface area contributed by atoms with Gasteiger partial charge in [0, 0.05) is 45.8 Å². The van der Waals surface area contributed by atoms with Crippen molar-refractivity contribution in [1.29, 1.82) is 0 Å². The molecule has 170 valence electrons. The molecule has 1 aliphatic heterocycles. The molecule has 7 nitrogen and oxygen atoms in total. The fourth-order valence-electron chi connectivity index (χ4n) is 3.44. The Hall–Kier alpha value is -2.01. The molecule has 1 aliphatic rings. The zero-order valence-electron chi connectivity index (χ0n) is 18.2. The summed E-state index contributed by atoms with van der Waals surface area (Å²) in [4.78, 5) is 22.2. The molecule has 1 fully saturated rings. The summed E-state index contributed by atoms with van der Waals surface area (Å²) in [7, 11) is 1.72. The molecule has 2 heterocycles. The van der Waals surface area contributed by atoms with E-state index in [9.17, 15) is 4.79 Å². The van der Waals surface area contributed by atoms with E-state index >= 15 is 0 Å². The van der Waals surface area contributed by atoms with Crippen molar-refractivity contribution in [1.82, 2.24) is 15.5 Å². The van der Waals surface area contributed by atoms with Gasteiger partial charge in [-0.2, -0.15) is 0 Å². The summed E-state index contributed by atoms with van der Waals surface area (Å²) in [5.74, 6) is 1.85. The van der Waals surface area contributed by atoms with E-state index in [2.05, 4.69) is 33.4 Å². The normalized spacial score (nSPS) is 14.1. The summed E-state index contributed by atoms with van der Waals surface area (Å²) in [5, 5.41) is 8.27. The van der Waals surface area contributed by atoms with Gasteiger partial charge in [-0.3, -0.25) is 9.79 Å². The molecule has 2 aromatic rings. The fourth-order valence-corrected chi connectivity index (χ4v) is 4.08. The number of halogens is 1. The monoisotopic (exact) mass is 557 g/mol. The van der Waals surface area contributed by atoms with E-state index in [0.29, 0.717) is 13.1 Å². The third kappa shape index (κ3) is 7.27. The van der Waals surface area contributed by atoms with E-state index in [1.165, 1.54) is 11.3 Å². The first-order chi connectivity index (χ1) is 14.7. The predicted molar refractivity (Wildman–Crippen MR) is 139 cm³/mol. The summed E-state index contributed by atoms with van der Waals surface area (Å²) in [6.45, 7) is 7.87. The molecule has 3 rings (SSSR count). The van der Waals surface area contributed by atoms with Gasteiger partial charge in [-0.1, -0.05) is 18.2 Å². The van der Waals surface area contributed by atoms with Gasteiger partial charge in [-0.05, 0) is 36.9 Å². The first kappa shape index (κ1) is 25.3. The van der Waals surface area contributed by atoms with Crippen molar-refractivity contribution in [2.75, 3.05) is 57.8 Å². The van der Waals surface area contributed by atoms with Crippen LogP contribution < -0.4 is 20.3 Å². The molecule has 0 spiro atoms. The van der Waals surface area contributed by atoms with Crippen LogP contribution >= 0.6 is 35.3 Å². The Morgan fingerprint density at radius 2 is 1.90 bits per heavy atom. The Balaban J connectivity index is 0.00000341. The van der Waals surface area contributed by atoms with Crippen LogP contribution in [0.15, 0.2) is 46.8 Å². The van der Waals surface area contributed by atoms with Crippen LogP contribution in [0.25, 0.3) is 0 Å². The number of ether oxygens (including phenoxy) is 1. The molecule has 0 bridgehead atoms. The number of nitrogens with zero attached hydrogens (tertiary/aromatic N) is 3. The molecule has 9 heteroatoms. The largest absolute Gasteiger partial charge is 0.495 e. The Morgan fingerprint density at radius 3 is 2.58 bits per heavy atom. The number of para-hydroxylation sites is 2. The SMILES string of the molecule is CCNC(=NCCCNC(=O)c1cccs1)N1CCN(c2ccccc2OC)CC1.I. The summed E-state index contributed by atoms with van der Waals surface area (Å²) in [6, 6.07) is 11.9.